The summed E-state index contributed by atoms with van der Waals surface area (Å²) in [6.45, 7) is 0.379. The van der Waals surface area contributed by atoms with E-state index >= 15 is 0 Å². The predicted molar refractivity (Wildman–Crippen MR) is 109 cm³/mol. The van der Waals surface area contributed by atoms with E-state index in [0.717, 1.165) is 5.56 Å². The minimum absolute atomic E-state index is 0.0355. The van der Waals surface area contributed by atoms with Crippen LogP contribution in [0.25, 0.3) is 0 Å². The molecule has 7 heteroatoms. The fraction of sp³-hybridized carbons (Fsp3) is 0.0526. The highest BCUT2D eigenvalue weighted by Crippen LogP contribution is 2.32. The Morgan fingerprint density at radius 1 is 0.846 bits per heavy atom. The largest absolute Gasteiger partial charge is 0.488 e. The summed E-state index contributed by atoms with van der Waals surface area (Å²) in [5.74, 6) is 0.768. The second kappa shape index (κ2) is 8.28. The lowest BCUT2D eigenvalue weighted by molar-refractivity contribution is 0.303. The maximum Gasteiger partial charge on any atom is 0.339 e. The molecular weight excluding hydrogens is 487 g/mol. The zero-order chi connectivity index (χ0) is 18.6. The van der Waals surface area contributed by atoms with Crippen LogP contribution in [0.15, 0.2) is 77.7 Å². The molecule has 0 saturated heterocycles. The first-order valence-corrected chi connectivity index (χ1v) is 10.5. The van der Waals surface area contributed by atoms with Gasteiger partial charge in [-0.25, -0.2) is 0 Å². The van der Waals surface area contributed by atoms with Crippen LogP contribution < -0.4 is 8.92 Å². The van der Waals surface area contributed by atoms with Crippen molar-refractivity contribution in [2.45, 2.75) is 11.5 Å². The lowest BCUT2D eigenvalue weighted by Crippen LogP contribution is -2.10. The van der Waals surface area contributed by atoms with Crippen LogP contribution >= 0.6 is 34.2 Å². The van der Waals surface area contributed by atoms with Crippen molar-refractivity contribution in [1.82, 2.24) is 0 Å². The molecule has 0 aliphatic heterocycles. The van der Waals surface area contributed by atoms with Gasteiger partial charge in [0.1, 0.15) is 17.3 Å². The summed E-state index contributed by atoms with van der Waals surface area (Å²) in [4.78, 5) is 0.0355. The predicted octanol–water partition coefficient (Wildman–Crippen LogP) is 5.29. The summed E-state index contributed by atoms with van der Waals surface area (Å²) >= 11 is 7.81. The number of hydrogen-bond acceptors (Lipinski definition) is 4. The highest BCUT2D eigenvalue weighted by atomic mass is 127. The van der Waals surface area contributed by atoms with E-state index in [1.54, 1.807) is 18.2 Å². The van der Waals surface area contributed by atoms with Gasteiger partial charge >= 0.3 is 10.1 Å². The normalized spacial score (nSPS) is 11.2. The highest BCUT2D eigenvalue weighted by molar-refractivity contribution is 14.1. The zero-order valence-corrected chi connectivity index (χ0v) is 17.2. The molecule has 3 aromatic rings. The Hall–Kier alpha value is -1.77. The highest BCUT2D eigenvalue weighted by Gasteiger charge is 2.19. The lowest BCUT2D eigenvalue weighted by atomic mass is 10.2. The van der Waals surface area contributed by atoms with Crippen molar-refractivity contribution < 1.29 is 17.3 Å². The maximum absolute atomic E-state index is 12.4. The van der Waals surface area contributed by atoms with Gasteiger partial charge in [-0.2, -0.15) is 8.42 Å². The molecule has 0 aliphatic carbocycles. The standard InChI is InChI=1S/C19H14ClIO4S/c20-15-9-11-16(12-10-15)26(22,23)25-18-8-4-7-17(19(18)21)24-13-14-5-2-1-3-6-14/h1-12H,13H2. The Morgan fingerprint density at radius 3 is 2.19 bits per heavy atom. The van der Waals surface area contributed by atoms with Gasteiger partial charge in [0.05, 0.1) is 3.57 Å². The van der Waals surface area contributed by atoms with Crippen molar-refractivity contribution in [3.63, 3.8) is 0 Å². The van der Waals surface area contributed by atoms with Crippen molar-refractivity contribution in [2.24, 2.45) is 0 Å². The summed E-state index contributed by atoms with van der Waals surface area (Å²) in [6, 6.07) is 20.6. The van der Waals surface area contributed by atoms with E-state index in [1.807, 2.05) is 52.9 Å². The Labute approximate surface area is 171 Å². The van der Waals surface area contributed by atoms with Crippen molar-refractivity contribution in [3.8, 4) is 11.5 Å². The summed E-state index contributed by atoms with van der Waals surface area (Å²) in [6.07, 6.45) is 0. The van der Waals surface area contributed by atoms with Crippen molar-refractivity contribution in [3.05, 3.63) is 87.0 Å². The number of rotatable bonds is 6. The van der Waals surface area contributed by atoms with E-state index in [4.69, 9.17) is 20.5 Å². The number of halogens is 2. The maximum atomic E-state index is 12.4. The van der Waals surface area contributed by atoms with Crippen LogP contribution in [0.3, 0.4) is 0 Å². The molecule has 0 bridgehead atoms. The van der Waals surface area contributed by atoms with Crippen molar-refractivity contribution >= 4 is 44.3 Å². The fourth-order valence-corrected chi connectivity index (χ4v) is 4.01. The van der Waals surface area contributed by atoms with Gasteiger partial charge in [0.25, 0.3) is 0 Å². The first-order chi connectivity index (χ1) is 12.5. The van der Waals surface area contributed by atoms with Gasteiger partial charge in [0, 0.05) is 5.02 Å². The zero-order valence-electron chi connectivity index (χ0n) is 13.4. The molecule has 26 heavy (non-hydrogen) atoms. The Kier molecular flexibility index (Phi) is 6.05. The van der Waals surface area contributed by atoms with E-state index in [0.29, 0.717) is 20.9 Å². The molecule has 0 aliphatic rings. The average Bonchev–Trinajstić information content (AvgIpc) is 2.63. The Bertz CT molecular complexity index is 990. The fourth-order valence-electron chi connectivity index (χ4n) is 2.17. The number of benzene rings is 3. The summed E-state index contributed by atoms with van der Waals surface area (Å²) < 4.78 is 36.6. The minimum Gasteiger partial charge on any atom is -0.488 e. The van der Waals surface area contributed by atoms with Crippen LogP contribution in [0, 0.1) is 3.57 Å². The molecule has 0 saturated carbocycles. The summed E-state index contributed by atoms with van der Waals surface area (Å²) in [7, 11) is -3.96. The van der Waals surface area contributed by atoms with Gasteiger partial charge in [-0.3, -0.25) is 0 Å². The molecule has 0 fully saturated rings. The molecule has 0 amide bonds. The van der Waals surface area contributed by atoms with Gasteiger partial charge in [-0.05, 0) is 64.6 Å². The molecule has 0 spiro atoms. The van der Waals surface area contributed by atoms with Crippen LogP contribution in [0.2, 0.25) is 5.02 Å². The van der Waals surface area contributed by atoms with Crippen molar-refractivity contribution in [1.29, 1.82) is 0 Å². The molecule has 0 heterocycles. The van der Waals surface area contributed by atoms with Crippen LogP contribution in [0.4, 0.5) is 0 Å². The third kappa shape index (κ3) is 4.69. The SMILES string of the molecule is O=S(=O)(Oc1cccc(OCc2ccccc2)c1I)c1ccc(Cl)cc1. The van der Waals surface area contributed by atoms with E-state index in [1.165, 1.54) is 24.3 Å². The van der Waals surface area contributed by atoms with Crippen LogP contribution in [-0.2, 0) is 16.7 Å². The van der Waals surface area contributed by atoms with Crippen LogP contribution in [0.1, 0.15) is 5.56 Å². The average molecular weight is 501 g/mol. The van der Waals surface area contributed by atoms with Gasteiger partial charge in [0.15, 0.2) is 5.75 Å². The number of ether oxygens (including phenoxy) is 1. The summed E-state index contributed by atoms with van der Waals surface area (Å²) in [5.41, 5.74) is 1.02. The first kappa shape index (κ1) is 19.0. The van der Waals surface area contributed by atoms with Gasteiger partial charge in [0.2, 0.25) is 0 Å². The lowest BCUT2D eigenvalue weighted by Gasteiger charge is -2.13. The smallest absolute Gasteiger partial charge is 0.339 e. The van der Waals surface area contributed by atoms with Crippen LogP contribution in [-0.4, -0.2) is 8.42 Å². The number of hydrogen-bond donors (Lipinski definition) is 0. The van der Waals surface area contributed by atoms with E-state index in [-0.39, 0.29) is 10.6 Å². The third-order valence-electron chi connectivity index (χ3n) is 3.47. The van der Waals surface area contributed by atoms with E-state index in [9.17, 15) is 8.42 Å². The first-order valence-electron chi connectivity index (χ1n) is 7.61. The van der Waals surface area contributed by atoms with Gasteiger partial charge in [-0.1, -0.05) is 48.0 Å². The Morgan fingerprint density at radius 2 is 1.50 bits per heavy atom. The molecular formula is C19H14ClIO4S. The molecule has 4 nitrogen and oxygen atoms in total. The second-order valence-corrected chi connectivity index (χ2v) is 8.40. The topological polar surface area (TPSA) is 52.6 Å². The molecule has 0 radical (unpaired) electrons. The van der Waals surface area contributed by atoms with Gasteiger partial charge in [-0.15, -0.1) is 0 Å². The Balaban J connectivity index is 1.79. The third-order valence-corrected chi connectivity index (χ3v) is 6.03. The molecule has 0 N–H and O–H groups in total. The molecule has 0 unspecified atom stereocenters. The quantitative estimate of drug-likeness (QED) is 0.341. The van der Waals surface area contributed by atoms with E-state index < -0.39 is 10.1 Å². The second-order valence-electron chi connectivity index (χ2n) is 5.33. The van der Waals surface area contributed by atoms with E-state index in [2.05, 4.69) is 0 Å². The van der Waals surface area contributed by atoms with Crippen LogP contribution in [0.5, 0.6) is 11.5 Å². The van der Waals surface area contributed by atoms with Gasteiger partial charge < -0.3 is 8.92 Å². The monoisotopic (exact) mass is 500 g/mol. The molecule has 3 rings (SSSR count). The summed E-state index contributed by atoms with van der Waals surface area (Å²) in [5, 5.41) is 0.454. The van der Waals surface area contributed by atoms with Crippen molar-refractivity contribution in [2.75, 3.05) is 0 Å². The minimum atomic E-state index is -3.96. The molecule has 0 atom stereocenters. The molecule has 0 aromatic heterocycles. The molecule has 3 aromatic carbocycles. The molecule has 134 valence electrons.